The van der Waals surface area contributed by atoms with Crippen LogP contribution in [0, 0.1) is 0 Å². The second-order valence-electron chi connectivity index (χ2n) is 5.50. The van der Waals surface area contributed by atoms with Crippen molar-refractivity contribution in [2.75, 3.05) is 17.2 Å². The molecule has 0 fully saturated rings. The number of nitrogens with two attached hydrogens (primary N) is 1. The molecule has 1 aliphatic heterocycles. The summed E-state index contributed by atoms with van der Waals surface area (Å²) in [5, 5.41) is 0. The molecule has 0 saturated carbocycles. The van der Waals surface area contributed by atoms with Gasteiger partial charge in [0.15, 0.2) is 0 Å². The standard InChI is InChI=1S/C13H20N2/c1-9-8-15(13(2,3)4)12-7-10(14)5-6-11(9)12/h5-7,9H,8,14H2,1-4H3. The van der Waals surface area contributed by atoms with Crippen LogP contribution in [0.1, 0.15) is 39.2 Å². The van der Waals surface area contributed by atoms with E-state index < -0.39 is 0 Å². The fraction of sp³-hybridized carbons (Fsp3) is 0.538. The van der Waals surface area contributed by atoms with Gasteiger partial charge in [-0.05, 0) is 38.5 Å². The maximum absolute atomic E-state index is 5.86. The highest BCUT2D eigenvalue weighted by molar-refractivity contribution is 5.66. The molecule has 15 heavy (non-hydrogen) atoms. The molecule has 0 aromatic heterocycles. The van der Waals surface area contributed by atoms with Gasteiger partial charge in [-0.1, -0.05) is 13.0 Å². The highest BCUT2D eigenvalue weighted by Crippen LogP contribution is 2.40. The Morgan fingerprint density at radius 2 is 2.00 bits per heavy atom. The summed E-state index contributed by atoms with van der Waals surface area (Å²) in [6.07, 6.45) is 0. The molecule has 0 radical (unpaired) electrons. The third-order valence-electron chi connectivity index (χ3n) is 3.14. The molecule has 1 atom stereocenters. The third kappa shape index (κ3) is 1.69. The molecule has 0 amide bonds. The number of nitrogen functional groups attached to an aromatic ring is 1. The second-order valence-corrected chi connectivity index (χ2v) is 5.50. The van der Waals surface area contributed by atoms with Crippen LogP contribution in [0.5, 0.6) is 0 Å². The summed E-state index contributed by atoms with van der Waals surface area (Å²) >= 11 is 0. The van der Waals surface area contributed by atoms with Crippen molar-refractivity contribution < 1.29 is 0 Å². The third-order valence-corrected chi connectivity index (χ3v) is 3.14. The lowest BCUT2D eigenvalue weighted by molar-refractivity contribution is 0.506. The molecule has 2 nitrogen and oxygen atoms in total. The first-order chi connectivity index (χ1) is 6.89. The number of hydrogen-bond donors (Lipinski definition) is 1. The Morgan fingerprint density at radius 3 is 2.60 bits per heavy atom. The SMILES string of the molecule is CC1CN(C(C)(C)C)c2cc(N)ccc21. The van der Waals surface area contributed by atoms with Crippen molar-refractivity contribution in [3.63, 3.8) is 0 Å². The summed E-state index contributed by atoms with van der Waals surface area (Å²) in [5.74, 6) is 0.611. The minimum Gasteiger partial charge on any atom is -0.399 e. The first kappa shape index (κ1) is 10.3. The highest BCUT2D eigenvalue weighted by Gasteiger charge is 2.32. The lowest BCUT2D eigenvalue weighted by Crippen LogP contribution is -2.40. The first-order valence-corrected chi connectivity index (χ1v) is 5.56. The molecular weight excluding hydrogens is 184 g/mol. The molecule has 1 aromatic rings. The van der Waals surface area contributed by atoms with Crippen molar-refractivity contribution in [2.45, 2.75) is 39.2 Å². The fourth-order valence-electron chi connectivity index (χ4n) is 2.32. The van der Waals surface area contributed by atoms with Gasteiger partial charge in [-0.2, -0.15) is 0 Å². The molecule has 0 bridgehead atoms. The van der Waals surface area contributed by atoms with E-state index in [1.54, 1.807) is 0 Å². The van der Waals surface area contributed by atoms with E-state index in [2.05, 4.69) is 44.7 Å². The summed E-state index contributed by atoms with van der Waals surface area (Å²) in [6.45, 7) is 10.1. The average Bonchev–Trinajstić information content (AvgIpc) is 2.42. The number of rotatable bonds is 0. The maximum atomic E-state index is 5.86. The Labute approximate surface area is 92.1 Å². The van der Waals surface area contributed by atoms with E-state index in [4.69, 9.17) is 5.73 Å². The zero-order chi connectivity index (χ0) is 11.2. The van der Waals surface area contributed by atoms with Crippen molar-refractivity contribution in [1.82, 2.24) is 0 Å². The molecule has 0 saturated heterocycles. The number of nitrogens with zero attached hydrogens (tertiary/aromatic N) is 1. The molecule has 2 heteroatoms. The molecule has 2 rings (SSSR count). The highest BCUT2D eigenvalue weighted by atomic mass is 15.2. The smallest absolute Gasteiger partial charge is 0.0427 e. The Kier molecular flexibility index (Phi) is 2.18. The van der Waals surface area contributed by atoms with Gasteiger partial charge in [0.1, 0.15) is 0 Å². The van der Waals surface area contributed by atoms with Crippen molar-refractivity contribution >= 4 is 11.4 Å². The van der Waals surface area contributed by atoms with Crippen LogP contribution in [0.15, 0.2) is 18.2 Å². The Hall–Kier alpha value is -1.18. The second kappa shape index (κ2) is 3.16. The van der Waals surface area contributed by atoms with E-state index in [1.807, 2.05) is 6.07 Å². The molecule has 1 aromatic carbocycles. The molecule has 1 aliphatic rings. The van der Waals surface area contributed by atoms with E-state index in [0.29, 0.717) is 5.92 Å². The molecular formula is C13H20N2. The van der Waals surface area contributed by atoms with Crippen LogP contribution < -0.4 is 10.6 Å². The van der Waals surface area contributed by atoms with Crippen LogP contribution >= 0.6 is 0 Å². The predicted octanol–water partition coefficient (Wildman–Crippen LogP) is 2.99. The number of hydrogen-bond acceptors (Lipinski definition) is 2. The van der Waals surface area contributed by atoms with E-state index in [0.717, 1.165) is 12.2 Å². The van der Waals surface area contributed by atoms with Crippen LogP contribution in [0.3, 0.4) is 0 Å². The molecule has 0 aliphatic carbocycles. The van der Waals surface area contributed by atoms with Gasteiger partial charge in [-0.25, -0.2) is 0 Å². The van der Waals surface area contributed by atoms with Crippen LogP contribution in [-0.2, 0) is 0 Å². The van der Waals surface area contributed by atoms with Crippen molar-refractivity contribution in [2.24, 2.45) is 0 Å². The van der Waals surface area contributed by atoms with Gasteiger partial charge in [0.25, 0.3) is 0 Å². The van der Waals surface area contributed by atoms with Gasteiger partial charge in [0, 0.05) is 29.4 Å². The van der Waals surface area contributed by atoms with Gasteiger partial charge in [0.05, 0.1) is 0 Å². The van der Waals surface area contributed by atoms with Crippen molar-refractivity contribution in [3.05, 3.63) is 23.8 Å². The Morgan fingerprint density at radius 1 is 1.33 bits per heavy atom. The molecule has 2 N–H and O–H groups in total. The molecule has 1 unspecified atom stereocenters. The number of anilines is 2. The van der Waals surface area contributed by atoms with E-state index in [-0.39, 0.29) is 5.54 Å². The van der Waals surface area contributed by atoms with Crippen LogP contribution in [0.2, 0.25) is 0 Å². The lowest BCUT2D eigenvalue weighted by Gasteiger charge is -2.34. The minimum absolute atomic E-state index is 0.174. The fourth-order valence-corrected chi connectivity index (χ4v) is 2.32. The summed E-state index contributed by atoms with van der Waals surface area (Å²) in [6, 6.07) is 6.27. The van der Waals surface area contributed by atoms with Gasteiger partial charge < -0.3 is 10.6 Å². The van der Waals surface area contributed by atoms with Crippen LogP contribution in [-0.4, -0.2) is 12.1 Å². The normalized spacial score (nSPS) is 20.5. The summed E-state index contributed by atoms with van der Waals surface area (Å²) < 4.78 is 0. The maximum Gasteiger partial charge on any atom is 0.0427 e. The van der Waals surface area contributed by atoms with Gasteiger partial charge in [-0.3, -0.25) is 0 Å². The summed E-state index contributed by atoms with van der Waals surface area (Å²) in [4.78, 5) is 2.45. The predicted molar refractivity (Wildman–Crippen MR) is 66.4 cm³/mol. The van der Waals surface area contributed by atoms with Gasteiger partial charge in [-0.15, -0.1) is 0 Å². The van der Waals surface area contributed by atoms with Crippen molar-refractivity contribution in [3.8, 4) is 0 Å². The number of fused-ring (bicyclic) bond motifs is 1. The van der Waals surface area contributed by atoms with E-state index in [1.165, 1.54) is 11.3 Å². The van der Waals surface area contributed by atoms with E-state index >= 15 is 0 Å². The summed E-state index contributed by atoms with van der Waals surface area (Å²) in [5.41, 5.74) is 9.63. The number of benzene rings is 1. The topological polar surface area (TPSA) is 29.3 Å². The molecule has 0 spiro atoms. The average molecular weight is 204 g/mol. The Balaban J connectivity index is 2.49. The van der Waals surface area contributed by atoms with Crippen LogP contribution in [0.25, 0.3) is 0 Å². The Bertz CT molecular complexity index is 377. The molecule has 82 valence electrons. The monoisotopic (exact) mass is 204 g/mol. The van der Waals surface area contributed by atoms with Gasteiger partial charge >= 0.3 is 0 Å². The zero-order valence-electron chi connectivity index (χ0n) is 10.0. The van der Waals surface area contributed by atoms with Crippen LogP contribution in [0.4, 0.5) is 11.4 Å². The zero-order valence-corrected chi connectivity index (χ0v) is 10.0. The molecule has 1 heterocycles. The van der Waals surface area contributed by atoms with E-state index in [9.17, 15) is 0 Å². The minimum atomic E-state index is 0.174. The van der Waals surface area contributed by atoms with Crippen molar-refractivity contribution in [1.29, 1.82) is 0 Å². The largest absolute Gasteiger partial charge is 0.399 e. The first-order valence-electron chi connectivity index (χ1n) is 5.56. The quantitative estimate of drug-likeness (QED) is 0.658. The summed E-state index contributed by atoms with van der Waals surface area (Å²) in [7, 11) is 0. The van der Waals surface area contributed by atoms with Gasteiger partial charge in [0.2, 0.25) is 0 Å². The lowest BCUT2D eigenvalue weighted by atomic mass is 10.0.